The summed E-state index contributed by atoms with van der Waals surface area (Å²) in [6.45, 7) is 3.86. The number of rotatable bonds is 9. The summed E-state index contributed by atoms with van der Waals surface area (Å²) in [5.74, 6) is -0.271. The van der Waals surface area contributed by atoms with Crippen LogP contribution in [-0.4, -0.2) is 79.6 Å². The van der Waals surface area contributed by atoms with E-state index in [4.69, 9.17) is 4.74 Å². The summed E-state index contributed by atoms with van der Waals surface area (Å²) in [4.78, 5) is 39.6. The minimum atomic E-state index is -0.443. The van der Waals surface area contributed by atoms with Crippen molar-refractivity contribution < 1.29 is 19.1 Å². The summed E-state index contributed by atoms with van der Waals surface area (Å²) in [6, 6.07) is 9.81. The molecule has 2 heterocycles. The highest BCUT2D eigenvalue weighted by Gasteiger charge is 2.31. The Kier molecular flexibility index (Phi) is 7.25. The monoisotopic (exact) mass is 388 g/mol. The summed E-state index contributed by atoms with van der Waals surface area (Å²) in [6.07, 6.45) is 1.67. The van der Waals surface area contributed by atoms with Crippen LogP contribution in [0.25, 0.3) is 0 Å². The van der Waals surface area contributed by atoms with E-state index in [0.29, 0.717) is 32.8 Å². The fourth-order valence-electron chi connectivity index (χ4n) is 3.59. The molecule has 3 rings (SSSR count). The van der Waals surface area contributed by atoms with Crippen LogP contribution in [0.1, 0.15) is 18.4 Å². The first-order chi connectivity index (χ1) is 13.6. The number of cyclic esters (lactones) is 1. The van der Waals surface area contributed by atoms with Crippen molar-refractivity contribution in [3.63, 3.8) is 0 Å². The minimum absolute atomic E-state index is 0.0933. The van der Waals surface area contributed by atoms with Crippen molar-refractivity contribution in [2.24, 2.45) is 0 Å². The lowest BCUT2D eigenvalue weighted by Crippen LogP contribution is -2.56. The number of hydrogen-bond donors (Lipinski definition) is 2. The highest BCUT2D eigenvalue weighted by atomic mass is 16.6. The fraction of sp³-hybridized carbons (Fsp3) is 0.550. The van der Waals surface area contributed by atoms with Gasteiger partial charge in [-0.25, -0.2) is 4.79 Å². The van der Waals surface area contributed by atoms with Gasteiger partial charge in [-0.2, -0.15) is 0 Å². The molecule has 0 spiro atoms. The van der Waals surface area contributed by atoms with E-state index in [2.05, 4.69) is 27.7 Å². The van der Waals surface area contributed by atoms with Crippen LogP contribution in [-0.2, 0) is 20.7 Å². The normalized spacial score (nSPS) is 20.0. The third-order valence-corrected chi connectivity index (χ3v) is 5.12. The quantitative estimate of drug-likeness (QED) is 0.638. The molecule has 0 aliphatic carbocycles. The lowest BCUT2D eigenvalue weighted by atomic mass is 10.1. The molecular formula is C20H28N4O4. The number of aryl methyl sites for hydroxylation is 1. The molecule has 1 aromatic rings. The van der Waals surface area contributed by atoms with E-state index >= 15 is 0 Å². The van der Waals surface area contributed by atoms with E-state index in [1.165, 1.54) is 5.56 Å². The third-order valence-electron chi connectivity index (χ3n) is 5.12. The average Bonchev–Trinajstić information content (AvgIpc) is 3.10. The van der Waals surface area contributed by atoms with Gasteiger partial charge in [0.1, 0.15) is 6.61 Å². The zero-order chi connectivity index (χ0) is 19.8. The topological polar surface area (TPSA) is 91.0 Å². The molecule has 1 unspecified atom stereocenters. The maximum absolute atomic E-state index is 12.3. The third kappa shape index (κ3) is 5.69. The Morgan fingerprint density at radius 1 is 1.18 bits per heavy atom. The summed E-state index contributed by atoms with van der Waals surface area (Å²) in [7, 11) is 0. The van der Waals surface area contributed by atoms with Gasteiger partial charge >= 0.3 is 6.09 Å². The lowest BCUT2D eigenvalue weighted by Gasteiger charge is -2.34. The predicted molar refractivity (Wildman–Crippen MR) is 104 cm³/mol. The van der Waals surface area contributed by atoms with Crippen LogP contribution in [0.5, 0.6) is 0 Å². The summed E-state index contributed by atoms with van der Waals surface area (Å²) in [5, 5.41) is 5.66. The van der Waals surface area contributed by atoms with Gasteiger partial charge in [0.25, 0.3) is 0 Å². The van der Waals surface area contributed by atoms with E-state index in [9.17, 15) is 14.4 Å². The van der Waals surface area contributed by atoms with Gasteiger partial charge in [-0.05, 0) is 24.9 Å². The number of carbonyl (C=O) groups is 3. The van der Waals surface area contributed by atoms with Crippen LogP contribution in [0.4, 0.5) is 4.79 Å². The van der Waals surface area contributed by atoms with Crippen LogP contribution in [0.3, 0.4) is 0 Å². The molecule has 0 radical (unpaired) electrons. The Hall–Kier alpha value is -2.61. The van der Waals surface area contributed by atoms with Gasteiger partial charge in [0.05, 0.1) is 19.0 Å². The SMILES string of the molecule is O=C(CC1C(=O)NCCN1CCCc1ccccc1)NCCN1CCOC1=O. The van der Waals surface area contributed by atoms with Crippen molar-refractivity contribution in [2.75, 3.05) is 45.9 Å². The lowest BCUT2D eigenvalue weighted by molar-refractivity contribution is -0.133. The first-order valence-corrected chi connectivity index (χ1v) is 9.87. The van der Waals surface area contributed by atoms with Gasteiger partial charge in [0.15, 0.2) is 0 Å². The highest BCUT2D eigenvalue weighted by molar-refractivity contribution is 5.88. The number of nitrogens with zero attached hydrogens (tertiary/aromatic N) is 2. The van der Waals surface area contributed by atoms with E-state index in [0.717, 1.165) is 25.9 Å². The zero-order valence-corrected chi connectivity index (χ0v) is 16.1. The van der Waals surface area contributed by atoms with Gasteiger partial charge in [-0.15, -0.1) is 0 Å². The van der Waals surface area contributed by atoms with Gasteiger partial charge in [0, 0.05) is 26.2 Å². The Bertz CT molecular complexity index is 682. The smallest absolute Gasteiger partial charge is 0.409 e. The van der Waals surface area contributed by atoms with Gasteiger partial charge in [0.2, 0.25) is 11.8 Å². The van der Waals surface area contributed by atoms with Crippen molar-refractivity contribution in [2.45, 2.75) is 25.3 Å². The molecule has 28 heavy (non-hydrogen) atoms. The summed E-state index contributed by atoms with van der Waals surface area (Å²) >= 11 is 0. The highest BCUT2D eigenvalue weighted by Crippen LogP contribution is 2.11. The van der Waals surface area contributed by atoms with Crippen molar-refractivity contribution >= 4 is 17.9 Å². The van der Waals surface area contributed by atoms with Crippen LogP contribution in [0.2, 0.25) is 0 Å². The molecule has 2 N–H and O–H groups in total. The Labute approximate surface area is 165 Å². The molecular weight excluding hydrogens is 360 g/mol. The van der Waals surface area contributed by atoms with Crippen LogP contribution < -0.4 is 10.6 Å². The summed E-state index contributed by atoms with van der Waals surface area (Å²) < 4.78 is 4.86. The van der Waals surface area contributed by atoms with Crippen molar-refractivity contribution in [3.8, 4) is 0 Å². The Morgan fingerprint density at radius 2 is 2.00 bits per heavy atom. The number of benzene rings is 1. The molecule has 2 aliphatic rings. The molecule has 2 saturated heterocycles. The molecule has 0 aromatic heterocycles. The van der Waals surface area contributed by atoms with Crippen molar-refractivity contribution in [1.82, 2.24) is 20.4 Å². The number of piperazine rings is 1. The maximum atomic E-state index is 12.3. The second-order valence-corrected chi connectivity index (χ2v) is 7.09. The van der Waals surface area contributed by atoms with Gasteiger partial charge in [-0.3, -0.25) is 14.5 Å². The fourth-order valence-corrected chi connectivity index (χ4v) is 3.59. The molecule has 2 aliphatic heterocycles. The molecule has 0 saturated carbocycles. The number of amides is 3. The molecule has 2 fully saturated rings. The minimum Gasteiger partial charge on any atom is -0.448 e. The molecule has 3 amide bonds. The molecule has 0 bridgehead atoms. The van der Waals surface area contributed by atoms with E-state index in [1.807, 2.05) is 18.2 Å². The predicted octanol–water partition coefficient (Wildman–Crippen LogP) is 0.378. The second-order valence-electron chi connectivity index (χ2n) is 7.09. The number of carbonyl (C=O) groups excluding carboxylic acids is 3. The molecule has 152 valence electrons. The molecule has 1 aromatic carbocycles. The van der Waals surface area contributed by atoms with E-state index in [-0.39, 0.29) is 24.3 Å². The Balaban J connectivity index is 1.43. The molecule has 8 nitrogen and oxygen atoms in total. The largest absolute Gasteiger partial charge is 0.448 e. The Morgan fingerprint density at radius 3 is 2.75 bits per heavy atom. The van der Waals surface area contributed by atoms with Crippen LogP contribution >= 0.6 is 0 Å². The first kappa shape index (κ1) is 20.1. The second kappa shape index (κ2) is 10.1. The molecule has 1 atom stereocenters. The van der Waals surface area contributed by atoms with Crippen molar-refractivity contribution in [1.29, 1.82) is 0 Å². The summed E-state index contributed by atoms with van der Waals surface area (Å²) in [5.41, 5.74) is 1.28. The standard InChI is InChI=1S/C20H28N4O4/c25-18(21-8-12-24-13-14-28-20(24)27)15-17-19(26)22-9-11-23(17)10-4-7-16-5-2-1-3-6-16/h1-3,5-6,17H,4,7-15H2,(H,21,25)(H,22,26). The number of ether oxygens (including phenoxy) is 1. The average molecular weight is 388 g/mol. The first-order valence-electron chi connectivity index (χ1n) is 9.87. The molecule has 8 heteroatoms. The van der Waals surface area contributed by atoms with E-state index < -0.39 is 6.04 Å². The van der Waals surface area contributed by atoms with Crippen molar-refractivity contribution in [3.05, 3.63) is 35.9 Å². The van der Waals surface area contributed by atoms with Crippen LogP contribution in [0, 0.1) is 0 Å². The zero-order valence-electron chi connectivity index (χ0n) is 16.1. The maximum Gasteiger partial charge on any atom is 0.409 e. The number of hydrogen-bond acceptors (Lipinski definition) is 5. The van der Waals surface area contributed by atoms with E-state index in [1.54, 1.807) is 4.90 Å². The van der Waals surface area contributed by atoms with Gasteiger partial charge < -0.3 is 20.3 Å². The van der Waals surface area contributed by atoms with Crippen LogP contribution in [0.15, 0.2) is 30.3 Å². The number of nitrogens with one attached hydrogen (secondary N) is 2. The van der Waals surface area contributed by atoms with Gasteiger partial charge in [-0.1, -0.05) is 30.3 Å².